The third-order valence-corrected chi connectivity index (χ3v) is 6.99. The van der Waals surface area contributed by atoms with Crippen molar-refractivity contribution in [1.82, 2.24) is 24.8 Å². The predicted molar refractivity (Wildman–Crippen MR) is 137 cm³/mol. The number of carbonyl (C=O) groups excluding carboxylic acids is 1. The number of ether oxygens (including phenoxy) is 1. The number of hydrogen-bond acceptors (Lipinski definition) is 5. The van der Waals surface area contributed by atoms with Gasteiger partial charge in [0.25, 0.3) is 0 Å². The average Bonchev–Trinajstić information content (AvgIpc) is 3.31. The largest absolute Gasteiger partial charge is 0.382 e. The molecule has 0 saturated carbocycles. The number of hydrogen-bond donors (Lipinski definition) is 2. The van der Waals surface area contributed by atoms with E-state index in [1.165, 1.54) is 0 Å². The second-order valence-electron chi connectivity index (χ2n) is 9.30. The van der Waals surface area contributed by atoms with Gasteiger partial charge in [0.1, 0.15) is 5.52 Å². The molecule has 1 aliphatic heterocycles. The molecule has 3 aromatic rings. The molecule has 2 amide bonds. The molecule has 4 rings (SSSR count). The third-order valence-electron chi connectivity index (χ3n) is 6.99. The number of carbonyl (C=O) groups is 1. The number of unbranched alkanes of at least 4 members (excludes halogenated alkanes) is 1. The lowest BCUT2D eigenvalue weighted by atomic mass is 9.94. The first-order chi connectivity index (χ1) is 16.6. The number of pyridine rings is 1. The molecule has 1 atom stereocenters. The van der Waals surface area contributed by atoms with E-state index in [1.807, 2.05) is 29.4 Å². The van der Waals surface area contributed by atoms with Gasteiger partial charge in [0, 0.05) is 31.6 Å². The summed E-state index contributed by atoms with van der Waals surface area (Å²) in [7, 11) is 0. The Morgan fingerprint density at radius 1 is 1.26 bits per heavy atom. The van der Waals surface area contributed by atoms with Crippen LogP contribution in [0, 0.1) is 5.92 Å². The molecule has 2 aromatic heterocycles. The summed E-state index contributed by atoms with van der Waals surface area (Å²) in [4.78, 5) is 23.3. The fourth-order valence-electron chi connectivity index (χ4n) is 4.82. The van der Waals surface area contributed by atoms with E-state index in [0.717, 1.165) is 86.7 Å². The summed E-state index contributed by atoms with van der Waals surface area (Å²) < 4.78 is 8.36. The van der Waals surface area contributed by atoms with Crippen LogP contribution in [-0.4, -0.2) is 58.3 Å². The number of nitrogens with zero attached hydrogens (tertiary/aromatic N) is 4. The molecule has 0 bridgehead atoms. The Labute approximate surface area is 201 Å². The van der Waals surface area contributed by atoms with Crippen molar-refractivity contribution >= 4 is 33.8 Å². The molecule has 184 valence electrons. The van der Waals surface area contributed by atoms with Gasteiger partial charge in [0.05, 0.1) is 30.0 Å². The minimum atomic E-state index is 0.0878. The van der Waals surface area contributed by atoms with E-state index in [2.05, 4.69) is 39.8 Å². The Hall–Kier alpha value is -2.87. The number of para-hydroxylation sites is 1. The van der Waals surface area contributed by atoms with Gasteiger partial charge in [-0.1, -0.05) is 38.5 Å². The maximum absolute atomic E-state index is 12.2. The maximum atomic E-state index is 12.2. The van der Waals surface area contributed by atoms with E-state index in [9.17, 15) is 4.79 Å². The molecule has 8 heteroatoms. The van der Waals surface area contributed by atoms with Crippen molar-refractivity contribution in [2.24, 2.45) is 5.92 Å². The zero-order valence-electron chi connectivity index (χ0n) is 20.5. The van der Waals surface area contributed by atoms with Crippen LogP contribution in [0.1, 0.15) is 58.4 Å². The van der Waals surface area contributed by atoms with E-state index >= 15 is 0 Å². The second-order valence-corrected chi connectivity index (χ2v) is 9.30. The Bertz CT molecular complexity index is 1090. The molecule has 0 radical (unpaired) electrons. The van der Waals surface area contributed by atoms with E-state index in [0.29, 0.717) is 18.3 Å². The number of rotatable bonds is 10. The number of nitrogens with two attached hydrogens (primary N) is 1. The van der Waals surface area contributed by atoms with Gasteiger partial charge in [-0.05, 0) is 44.1 Å². The second kappa shape index (κ2) is 11.5. The van der Waals surface area contributed by atoms with Crippen LogP contribution in [0.3, 0.4) is 0 Å². The molecule has 0 spiro atoms. The normalized spacial score (nSPS) is 15.8. The Balaban J connectivity index is 1.28. The summed E-state index contributed by atoms with van der Waals surface area (Å²) in [5.74, 6) is 1.08. The van der Waals surface area contributed by atoms with E-state index in [4.69, 9.17) is 10.5 Å². The summed E-state index contributed by atoms with van der Waals surface area (Å²) in [5.41, 5.74) is 8.86. The number of anilines is 1. The number of nitrogen functional groups attached to an aromatic ring is 1. The third kappa shape index (κ3) is 5.43. The summed E-state index contributed by atoms with van der Waals surface area (Å²) >= 11 is 0. The molecule has 1 unspecified atom stereocenters. The minimum absolute atomic E-state index is 0.0878. The Morgan fingerprint density at radius 3 is 2.82 bits per heavy atom. The van der Waals surface area contributed by atoms with Crippen molar-refractivity contribution in [3.05, 3.63) is 30.6 Å². The van der Waals surface area contributed by atoms with Crippen LogP contribution in [-0.2, 0) is 4.74 Å². The molecule has 3 heterocycles. The molecule has 8 nitrogen and oxygen atoms in total. The van der Waals surface area contributed by atoms with Crippen LogP contribution in [0.15, 0.2) is 30.6 Å². The summed E-state index contributed by atoms with van der Waals surface area (Å²) in [6.07, 6.45) is 8.07. The smallest absolute Gasteiger partial charge is 0.317 e. The summed E-state index contributed by atoms with van der Waals surface area (Å²) in [6.45, 7) is 8.13. The van der Waals surface area contributed by atoms with Crippen molar-refractivity contribution in [3.63, 3.8) is 0 Å². The number of urea groups is 1. The molecule has 0 aliphatic carbocycles. The quantitative estimate of drug-likeness (QED) is 0.420. The Kier molecular flexibility index (Phi) is 8.21. The zero-order chi connectivity index (χ0) is 23.9. The van der Waals surface area contributed by atoms with Crippen molar-refractivity contribution in [3.8, 4) is 0 Å². The van der Waals surface area contributed by atoms with Crippen LogP contribution in [0.4, 0.5) is 10.6 Å². The van der Waals surface area contributed by atoms with Gasteiger partial charge in [-0.25, -0.2) is 14.8 Å². The van der Waals surface area contributed by atoms with Crippen LogP contribution in [0.5, 0.6) is 0 Å². The van der Waals surface area contributed by atoms with E-state index in [-0.39, 0.29) is 12.1 Å². The van der Waals surface area contributed by atoms with Crippen LogP contribution >= 0.6 is 0 Å². The highest BCUT2D eigenvalue weighted by Crippen LogP contribution is 2.30. The highest BCUT2D eigenvalue weighted by atomic mass is 16.5. The topological polar surface area (TPSA) is 98.3 Å². The van der Waals surface area contributed by atoms with E-state index < -0.39 is 0 Å². The van der Waals surface area contributed by atoms with Gasteiger partial charge < -0.3 is 25.3 Å². The number of imidazole rings is 1. The van der Waals surface area contributed by atoms with Gasteiger partial charge in [-0.2, -0.15) is 0 Å². The van der Waals surface area contributed by atoms with Crippen LogP contribution in [0.25, 0.3) is 21.9 Å². The lowest BCUT2D eigenvalue weighted by Crippen LogP contribution is -2.44. The highest BCUT2D eigenvalue weighted by Gasteiger charge is 2.23. The van der Waals surface area contributed by atoms with Crippen LogP contribution in [0.2, 0.25) is 0 Å². The van der Waals surface area contributed by atoms with Gasteiger partial charge in [-0.15, -0.1) is 0 Å². The number of likely N-dealkylation sites (tertiary alicyclic amines) is 1. The average molecular weight is 467 g/mol. The number of fused-ring (bicyclic) bond motifs is 3. The highest BCUT2D eigenvalue weighted by molar-refractivity contribution is 6.06. The number of amides is 2. The fraction of sp³-hybridized carbons (Fsp3) is 0.577. The first kappa shape index (κ1) is 24.3. The van der Waals surface area contributed by atoms with Crippen molar-refractivity contribution in [2.75, 3.05) is 38.6 Å². The summed E-state index contributed by atoms with van der Waals surface area (Å²) in [5, 5.41) is 4.09. The van der Waals surface area contributed by atoms with Gasteiger partial charge in [0.15, 0.2) is 5.82 Å². The van der Waals surface area contributed by atoms with Gasteiger partial charge in [0.2, 0.25) is 0 Å². The lowest BCUT2D eigenvalue weighted by Gasteiger charge is -2.32. The van der Waals surface area contributed by atoms with Gasteiger partial charge >= 0.3 is 6.03 Å². The fourth-order valence-corrected chi connectivity index (χ4v) is 4.82. The van der Waals surface area contributed by atoms with E-state index in [1.54, 1.807) is 0 Å². The summed E-state index contributed by atoms with van der Waals surface area (Å²) in [6, 6.07) is 8.33. The first-order valence-electron chi connectivity index (χ1n) is 12.7. The number of piperidine rings is 1. The maximum Gasteiger partial charge on any atom is 0.317 e. The number of aromatic nitrogens is 3. The molecular formula is C26H38N6O2. The van der Waals surface area contributed by atoms with Crippen LogP contribution < -0.4 is 11.1 Å². The van der Waals surface area contributed by atoms with Crippen molar-refractivity contribution in [1.29, 1.82) is 0 Å². The molecule has 1 fully saturated rings. The standard InChI is InChI=1S/C26H38N6O2/c1-3-5-13-28-26(33)31-14-10-19(11-15-31)12-16-34-17-20(4-2)32-18-29-23-24(32)21-8-6-7-9-22(21)30-25(23)27/h6-9,18-20H,3-5,10-17H2,1-2H3,(H2,27,30)(H,28,33). The number of benzene rings is 1. The van der Waals surface area contributed by atoms with Gasteiger partial charge in [-0.3, -0.25) is 0 Å². The zero-order valence-corrected chi connectivity index (χ0v) is 20.5. The molecule has 34 heavy (non-hydrogen) atoms. The monoisotopic (exact) mass is 466 g/mol. The SMILES string of the molecule is CCCCNC(=O)N1CCC(CCOCC(CC)n2cnc3c(N)nc4ccccc4c32)CC1. The minimum Gasteiger partial charge on any atom is -0.382 e. The van der Waals surface area contributed by atoms with Crippen molar-refractivity contribution in [2.45, 2.75) is 58.4 Å². The molecule has 3 N–H and O–H groups in total. The first-order valence-corrected chi connectivity index (χ1v) is 12.7. The Morgan fingerprint density at radius 2 is 2.06 bits per heavy atom. The van der Waals surface area contributed by atoms with Crippen molar-refractivity contribution < 1.29 is 9.53 Å². The lowest BCUT2D eigenvalue weighted by molar-refractivity contribution is 0.0819. The molecular weight excluding hydrogens is 428 g/mol. The number of nitrogens with one attached hydrogen (secondary N) is 1. The molecule has 1 saturated heterocycles. The predicted octanol–water partition coefficient (Wildman–Crippen LogP) is 4.75. The molecule has 1 aromatic carbocycles. The molecule has 1 aliphatic rings.